The van der Waals surface area contributed by atoms with Crippen LogP contribution in [0.5, 0.6) is 0 Å². The third-order valence-corrected chi connectivity index (χ3v) is 4.97. The van der Waals surface area contributed by atoms with Crippen molar-refractivity contribution < 1.29 is 19.4 Å². The Hall–Kier alpha value is -2.61. The summed E-state index contributed by atoms with van der Waals surface area (Å²) in [6, 6.07) is 5.50. The standard InChI is InChI=1S/C21H27N3O4S.C2H6/c1-12-9-13(2)15(19(27)28-21(3,4)5)10-14(12)16-11-17(24-20(22)23-16)29-8-6-7-18(25)26;1-2/h9-11H,6-8H2,1-5H3,(H,25,26)(H2,22,23,24);1-2H3. The van der Waals surface area contributed by atoms with E-state index in [9.17, 15) is 9.59 Å². The van der Waals surface area contributed by atoms with Gasteiger partial charge in [0.1, 0.15) is 10.6 Å². The molecule has 0 bridgehead atoms. The number of aryl methyl sites for hydroxylation is 2. The number of esters is 1. The summed E-state index contributed by atoms with van der Waals surface area (Å²) in [5.41, 5.74) is 8.95. The van der Waals surface area contributed by atoms with Gasteiger partial charge in [0.2, 0.25) is 5.95 Å². The highest BCUT2D eigenvalue weighted by atomic mass is 32.2. The monoisotopic (exact) mass is 447 g/mol. The first-order valence-corrected chi connectivity index (χ1v) is 11.3. The number of carboxylic acids is 1. The highest BCUT2D eigenvalue weighted by Crippen LogP contribution is 2.29. The zero-order chi connectivity index (χ0) is 23.8. The molecule has 2 rings (SSSR count). The van der Waals surface area contributed by atoms with E-state index in [0.717, 1.165) is 16.7 Å². The van der Waals surface area contributed by atoms with E-state index in [0.29, 0.717) is 28.5 Å². The van der Waals surface area contributed by atoms with Gasteiger partial charge in [-0.1, -0.05) is 19.9 Å². The van der Waals surface area contributed by atoms with Crippen molar-refractivity contribution >= 4 is 29.6 Å². The number of ether oxygens (including phenoxy) is 1. The Labute approximate surface area is 188 Å². The molecule has 1 aromatic carbocycles. The number of thioether (sulfide) groups is 1. The molecular weight excluding hydrogens is 414 g/mol. The molecular formula is C23H33N3O4S. The molecule has 0 spiro atoms. The number of carboxylic acid groups (broad SMARTS) is 1. The van der Waals surface area contributed by atoms with Crippen LogP contribution in [0.3, 0.4) is 0 Å². The number of rotatable bonds is 7. The summed E-state index contributed by atoms with van der Waals surface area (Å²) < 4.78 is 5.52. The molecule has 0 saturated heterocycles. The summed E-state index contributed by atoms with van der Waals surface area (Å²) in [5, 5.41) is 9.41. The van der Waals surface area contributed by atoms with Crippen molar-refractivity contribution in [2.45, 2.75) is 71.9 Å². The number of anilines is 1. The zero-order valence-corrected chi connectivity index (χ0v) is 20.2. The summed E-state index contributed by atoms with van der Waals surface area (Å²) in [5.74, 6) is -0.472. The number of nitrogens with two attached hydrogens (primary N) is 1. The Morgan fingerprint density at radius 1 is 1.10 bits per heavy atom. The molecule has 170 valence electrons. The largest absolute Gasteiger partial charge is 0.481 e. The number of benzene rings is 1. The molecule has 0 aliphatic carbocycles. The lowest BCUT2D eigenvalue weighted by molar-refractivity contribution is -0.137. The fraction of sp³-hybridized carbons (Fsp3) is 0.478. The molecule has 0 fully saturated rings. The topological polar surface area (TPSA) is 115 Å². The van der Waals surface area contributed by atoms with Crippen LogP contribution in [0.1, 0.15) is 68.9 Å². The molecule has 0 atom stereocenters. The van der Waals surface area contributed by atoms with Crippen LogP contribution in [0.4, 0.5) is 5.95 Å². The molecule has 0 radical (unpaired) electrons. The number of hydrogen-bond donors (Lipinski definition) is 2. The molecule has 0 amide bonds. The summed E-state index contributed by atoms with van der Waals surface area (Å²) in [6.45, 7) is 13.3. The number of aliphatic carboxylic acids is 1. The minimum Gasteiger partial charge on any atom is -0.481 e. The van der Waals surface area contributed by atoms with Crippen molar-refractivity contribution in [3.8, 4) is 11.3 Å². The SMILES string of the molecule is CC.Cc1cc(C)c(-c2cc(SCCCC(=O)O)nc(N)n2)cc1C(=O)OC(C)(C)C. The number of carbonyl (C=O) groups excluding carboxylic acids is 1. The number of aromatic nitrogens is 2. The van der Waals surface area contributed by atoms with E-state index in [4.69, 9.17) is 15.6 Å². The summed E-state index contributed by atoms with van der Waals surface area (Å²) in [6.07, 6.45) is 0.641. The Morgan fingerprint density at radius 2 is 1.74 bits per heavy atom. The average Bonchev–Trinajstić information content (AvgIpc) is 2.65. The molecule has 3 N–H and O–H groups in total. The highest BCUT2D eigenvalue weighted by Gasteiger charge is 2.21. The fourth-order valence-electron chi connectivity index (χ4n) is 2.74. The van der Waals surface area contributed by atoms with Gasteiger partial charge in [-0.25, -0.2) is 14.8 Å². The van der Waals surface area contributed by atoms with Gasteiger partial charge < -0.3 is 15.6 Å². The van der Waals surface area contributed by atoms with Crippen molar-refractivity contribution in [3.63, 3.8) is 0 Å². The third kappa shape index (κ3) is 8.57. The van der Waals surface area contributed by atoms with Crippen LogP contribution >= 0.6 is 11.8 Å². The number of hydrogen-bond acceptors (Lipinski definition) is 7. The third-order valence-electron chi connectivity index (χ3n) is 3.97. The van der Waals surface area contributed by atoms with Crippen LogP contribution in [0.25, 0.3) is 11.3 Å². The van der Waals surface area contributed by atoms with Crippen molar-refractivity contribution in [2.24, 2.45) is 0 Å². The lowest BCUT2D eigenvalue weighted by Gasteiger charge is -2.21. The van der Waals surface area contributed by atoms with Crippen LogP contribution in [0.2, 0.25) is 0 Å². The maximum absolute atomic E-state index is 12.6. The number of carbonyl (C=O) groups is 2. The van der Waals surface area contributed by atoms with Gasteiger partial charge in [-0.3, -0.25) is 4.79 Å². The van der Waals surface area contributed by atoms with Gasteiger partial charge in [-0.15, -0.1) is 11.8 Å². The summed E-state index contributed by atoms with van der Waals surface area (Å²) >= 11 is 1.43. The molecule has 0 saturated carbocycles. The molecule has 2 aromatic rings. The molecule has 1 heterocycles. The first-order chi connectivity index (χ1) is 14.5. The van der Waals surface area contributed by atoms with E-state index in [1.807, 2.05) is 54.5 Å². The second-order valence-corrected chi connectivity index (χ2v) is 8.89. The predicted molar refractivity (Wildman–Crippen MR) is 125 cm³/mol. The Kier molecular flexibility index (Phi) is 9.97. The van der Waals surface area contributed by atoms with E-state index < -0.39 is 11.6 Å². The van der Waals surface area contributed by atoms with Gasteiger partial charge in [-0.2, -0.15) is 0 Å². The van der Waals surface area contributed by atoms with Crippen LogP contribution in [0, 0.1) is 13.8 Å². The maximum Gasteiger partial charge on any atom is 0.338 e. The van der Waals surface area contributed by atoms with Crippen molar-refractivity contribution in [3.05, 3.63) is 34.9 Å². The first kappa shape index (κ1) is 26.4. The Balaban J connectivity index is 0.00000233. The Morgan fingerprint density at radius 3 is 2.32 bits per heavy atom. The van der Waals surface area contributed by atoms with Crippen LogP contribution < -0.4 is 5.73 Å². The summed E-state index contributed by atoms with van der Waals surface area (Å²) in [7, 11) is 0. The lowest BCUT2D eigenvalue weighted by atomic mass is 9.97. The lowest BCUT2D eigenvalue weighted by Crippen LogP contribution is -2.24. The molecule has 0 unspecified atom stereocenters. The van der Waals surface area contributed by atoms with Gasteiger partial charge in [0, 0.05) is 17.7 Å². The van der Waals surface area contributed by atoms with Crippen LogP contribution in [0.15, 0.2) is 23.2 Å². The second kappa shape index (κ2) is 11.7. The Bertz CT molecular complexity index is 924. The molecule has 0 aliphatic rings. The van der Waals surface area contributed by atoms with E-state index in [1.54, 1.807) is 12.1 Å². The minimum absolute atomic E-state index is 0.108. The van der Waals surface area contributed by atoms with Gasteiger partial charge in [0.15, 0.2) is 0 Å². The van der Waals surface area contributed by atoms with E-state index in [-0.39, 0.29) is 18.3 Å². The molecule has 31 heavy (non-hydrogen) atoms. The van der Waals surface area contributed by atoms with Crippen molar-refractivity contribution in [2.75, 3.05) is 11.5 Å². The van der Waals surface area contributed by atoms with E-state index >= 15 is 0 Å². The first-order valence-electron chi connectivity index (χ1n) is 10.3. The number of nitrogens with zero attached hydrogens (tertiary/aromatic N) is 2. The van der Waals surface area contributed by atoms with E-state index in [2.05, 4.69) is 9.97 Å². The van der Waals surface area contributed by atoms with E-state index in [1.165, 1.54) is 11.8 Å². The van der Waals surface area contributed by atoms with Gasteiger partial charge in [0.05, 0.1) is 11.3 Å². The molecule has 0 aliphatic heterocycles. The minimum atomic E-state index is -0.821. The van der Waals surface area contributed by atoms with Crippen LogP contribution in [-0.2, 0) is 9.53 Å². The predicted octanol–water partition coefficient (Wildman–Crippen LogP) is 5.28. The van der Waals surface area contributed by atoms with Crippen LogP contribution in [-0.4, -0.2) is 38.4 Å². The highest BCUT2D eigenvalue weighted by molar-refractivity contribution is 7.99. The second-order valence-electron chi connectivity index (χ2n) is 7.78. The average molecular weight is 448 g/mol. The normalized spacial score (nSPS) is 10.8. The van der Waals surface area contributed by atoms with Gasteiger partial charge in [0.25, 0.3) is 0 Å². The molecule has 8 heteroatoms. The maximum atomic E-state index is 12.6. The van der Waals surface area contributed by atoms with Crippen molar-refractivity contribution in [1.82, 2.24) is 9.97 Å². The van der Waals surface area contributed by atoms with Crippen molar-refractivity contribution in [1.29, 1.82) is 0 Å². The smallest absolute Gasteiger partial charge is 0.338 e. The fourth-order valence-corrected chi connectivity index (χ4v) is 3.59. The molecule has 7 nitrogen and oxygen atoms in total. The zero-order valence-electron chi connectivity index (χ0n) is 19.4. The van der Waals surface area contributed by atoms with Gasteiger partial charge in [-0.05, 0) is 64.3 Å². The quantitative estimate of drug-likeness (QED) is 0.255. The molecule has 1 aromatic heterocycles. The summed E-state index contributed by atoms with van der Waals surface area (Å²) in [4.78, 5) is 31.8. The van der Waals surface area contributed by atoms with Gasteiger partial charge >= 0.3 is 11.9 Å². The number of nitrogen functional groups attached to an aromatic ring is 1.